The molecule has 0 aliphatic heterocycles. The van der Waals surface area contributed by atoms with Crippen molar-refractivity contribution in [2.24, 2.45) is 0 Å². The Bertz CT molecular complexity index is 857. The fourth-order valence-corrected chi connectivity index (χ4v) is 88.0. The smallest absolute Gasteiger partial charge is 0.201 e. The number of hydrogen-bond acceptors (Lipinski definition) is 2. The molecule has 1 aromatic carbocycles. The van der Waals surface area contributed by atoms with Crippen LogP contribution in [0.1, 0.15) is 69.8 Å². The molecule has 0 spiro atoms. The van der Waals surface area contributed by atoms with Gasteiger partial charge in [-0.3, -0.25) is 0 Å². The van der Waals surface area contributed by atoms with Crippen molar-refractivity contribution < 1.29 is 8.85 Å². The van der Waals surface area contributed by atoms with Crippen LogP contribution in [0.5, 0.6) is 0 Å². The van der Waals surface area contributed by atoms with Crippen LogP contribution in [0, 0.1) is 0 Å². The van der Waals surface area contributed by atoms with Gasteiger partial charge in [0.05, 0.1) is 7.11 Å². The van der Waals surface area contributed by atoms with E-state index in [2.05, 4.69) is 102 Å². The van der Waals surface area contributed by atoms with Gasteiger partial charge in [0.1, 0.15) is 9.52 Å². The summed E-state index contributed by atoms with van der Waals surface area (Å²) < 4.78 is 12.8. The van der Waals surface area contributed by atoms with Crippen molar-refractivity contribution >= 4 is 89.2 Å². The van der Waals surface area contributed by atoms with Crippen LogP contribution < -0.4 is 0 Å². The number of hydrogen-bond donors (Lipinski definition) is 0. The second kappa shape index (κ2) is 21.8. The predicted molar refractivity (Wildman–Crippen MR) is 209 cm³/mol. The van der Waals surface area contributed by atoms with E-state index in [4.69, 9.17) is 8.85 Å². The van der Waals surface area contributed by atoms with Crippen LogP contribution in [0.2, 0.25) is 65.5 Å². The largest absolute Gasteiger partial charge is 0.425 e. The summed E-state index contributed by atoms with van der Waals surface area (Å²) >= 11 is 0. The van der Waals surface area contributed by atoms with Gasteiger partial charge in [0.15, 0.2) is 7.83 Å². The zero-order chi connectivity index (χ0) is 31.5. The number of unbranched alkanes of at least 4 members (excludes halogenated alkanes) is 8. The topological polar surface area (TPSA) is 18.5 Å². The Hall–Kier alpha value is 1.05. The van der Waals surface area contributed by atoms with Crippen molar-refractivity contribution in [1.29, 1.82) is 0 Å². The summed E-state index contributed by atoms with van der Waals surface area (Å²) in [5.74, 6) is 0. The molecule has 0 aliphatic carbocycles. The van der Waals surface area contributed by atoms with Gasteiger partial charge in [0.25, 0.3) is 0 Å². The van der Waals surface area contributed by atoms with Gasteiger partial charge in [-0.2, -0.15) is 0 Å². The molecule has 0 heterocycles. The second-order valence-electron chi connectivity index (χ2n) is 14.1. The zero-order valence-electron chi connectivity index (χ0n) is 28.8. The van der Waals surface area contributed by atoms with Gasteiger partial charge in [0, 0.05) is 62.2 Å². The zero-order valence-corrected chi connectivity index (χ0v) is 38.8. The monoisotopic (exact) mass is 732 g/mol. The Kier molecular flexibility index (Phi) is 21.3. The lowest BCUT2D eigenvalue weighted by Gasteiger charge is -2.53. The Balaban J connectivity index is 2.22. The Morgan fingerprint density at radius 2 is 1.26 bits per heavy atom. The molecule has 0 fully saturated rings. The van der Waals surface area contributed by atoms with Gasteiger partial charge in [-0.15, -0.1) is 0 Å². The fourth-order valence-electron chi connectivity index (χ4n) is 5.14. The van der Waals surface area contributed by atoms with Crippen LogP contribution in [0.25, 0.3) is 6.08 Å². The predicted octanol–water partition coefficient (Wildman–Crippen LogP) is 7.96. The average Bonchev–Trinajstić information content (AvgIpc) is 2.92. The summed E-state index contributed by atoms with van der Waals surface area (Å²) in [5, 5.41) is 1.60. The van der Waals surface area contributed by atoms with Crippen LogP contribution in [0.15, 0.2) is 35.5 Å². The lowest BCUT2D eigenvalue weighted by Crippen LogP contribution is -2.79. The summed E-state index contributed by atoms with van der Waals surface area (Å²) in [4.78, 5) is 0. The molecule has 1 aromatic rings. The standard InChI is InChI=1S/C30H60O2Si10/c1-33-36-38-37-35-31-28-34-30(27-29-23-19-18-20-24-29)25-21-16-14-12-11-13-15-17-22-26-32-40(5,6)42(9,10)41(7,8)39(2,3)4/h18-20,23-24,27H,11-17,21-22,25-26,28H2,1-10H3. The molecule has 1 rings (SSSR count). The van der Waals surface area contributed by atoms with Gasteiger partial charge in [-0.25, -0.2) is 0 Å². The van der Waals surface area contributed by atoms with Crippen molar-refractivity contribution in [2.75, 3.05) is 12.8 Å². The van der Waals surface area contributed by atoms with Crippen molar-refractivity contribution in [1.82, 2.24) is 0 Å². The van der Waals surface area contributed by atoms with Gasteiger partial charge in [-0.05, 0) is 37.9 Å². The van der Waals surface area contributed by atoms with Gasteiger partial charge in [-0.1, -0.05) is 139 Å². The fraction of sp³-hybridized carbons (Fsp3) is 0.733. The van der Waals surface area contributed by atoms with Gasteiger partial charge >= 0.3 is 0 Å². The molecule has 0 amide bonds. The SMILES string of the molecule is C[Si][Si][Si][Si][Si]OC[Si]C(=Cc1ccccc1)CCCCCCCCCCCO[Si](C)(C)[Si](C)(C)[Si](C)(C)[Si](C)(C)C. The van der Waals surface area contributed by atoms with E-state index < -0.39 is 29.6 Å². The quantitative estimate of drug-likeness (QED) is 0.0751. The molecule has 0 bridgehead atoms. The molecule has 2 nitrogen and oxygen atoms in total. The summed E-state index contributed by atoms with van der Waals surface area (Å²) in [7, 11) is 0.838. The van der Waals surface area contributed by atoms with Gasteiger partial charge < -0.3 is 8.85 Å². The molecule has 12 heteroatoms. The van der Waals surface area contributed by atoms with E-state index in [1.165, 1.54) is 78.3 Å². The third kappa shape index (κ3) is 15.6. The summed E-state index contributed by atoms with van der Waals surface area (Å²) in [6, 6.07) is 10.9. The highest BCUT2D eigenvalue weighted by Crippen LogP contribution is 2.35. The molecule has 12 radical (unpaired) electrons. The first-order chi connectivity index (χ1) is 19.8. The summed E-state index contributed by atoms with van der Waals surface area (Å²) in [5.41, 5.74) is 1.34. The van der Waals surface area contributed by atoms with E-state index in [0.717, 1.165) is 57.8 Å². The minimum atomic E-state index is -1.59. The van der Waals surface area contributed by atoms with Crippen LogP contribution in [-0.2, 0) is 8.85 Å². The number of allylic oxidation sites excluding steroid dienone is 1. The third-order valence-corrected chi connectivity index (χ3v) is 93.2. The van der Waals surface area contributed by atoms with E-state index in [9.17, 15) is 0 Å². The number of benzene rings is 1. The highest BCUT2D eigenvalue weighted by molar-refractivity contribution is 7.82. The summed E-state index contributed by atoms with van der Waals surface area (Å²) in [6.07, 6.45) is 16.9. The van der Waals surface area contributed by atoms with Gasteiger partial charge in [0.2, 0.25) is 9.28 Å². The molecule has 0 atom stereocenters. The summed E-state index contributed by atoms with van der Waals surface area (Å²) in [6.45, 7) is 27.1. The average molecular weight is 734 g/mol. The third-order valence-electron chi connectivity index (χ3n) is 9.88. The lowest BCUT2D eigenvalue weighted by molar-refractivity contribution is 0.304. The van der Waals surface area contributed by atoms with Crippen molar-refractivity contribution in [3.63, 3.8) is 0 Å². The highest BCUT2D eigenvalue weighted by Gasteiger charge is 2.58. The Morgan fingerprint density at radius 1 is 0.690 bits per heavy atom. The van der Waals surface area contributed by atoms with E-state index >= 15 is 0 Å². The molecule has 0 N–H and O–H groups in total. The van der Waals surface area contributed by atoms with E-state index in [1.807, 2.05) is 0 Å². The first-order valence-corrected chi connectivity index (χ1v) is 42.2. The molecule has 42 heavy (non-hydrogen) atoms. The van der Waals surface area contributed by atoms with Crippen molar-refractivity contribution in [2.45, 2.75) is 130 Å². The normalized spacial score (nSPS) is 13.6. The maximum absolute atomic E-state index is 6.80. The van der Waals surface area contributed by atoms with Crippen LogP contribution >= 0.6 is 0 Å². The Labute approximate surface area is 279 Å². The maximum atomic E-state index is 6.80. The minimum Gasteiger partial charge on any atom is -0.425 e. The van der Waals surface area contributed by atoms with Crippen LogP contribution in [0.3, 0.4) is 0 Å². The molecule has 232 valence electrons. The molecule has 0 aromatic heterocycles. The molecule has 0 saturated heterocycles. The molecule has 0 saturated carbocycles. The van der Waals surface area contributed by atoms with Crippen molar-refractivity contribution in [3.05, 3.63) is 41.1 Å². The lowest BCUT2D eigenvalue weighted by atomic mass is 10.1. The van der Waals surface area contributed by atoms with E-state index in [1.54, 1.807) is 5.20 Å². The first kappa shape index (κ1) is 41.1. The molecule has 0 aliphatic rings. The molecular formula is C30H60O2Si10. The van der Waals surface area contributed by atoms with E-state index in [0.29, 0.717) is 0 Å². The first-order valence-electron chi connectivity index (χ1n) is 16.2. The van der Waals surface area contributed by atoms with Crippen LogP contribution in [-0.4, -0.2) is 96.0 Å². The van der Waals surface area contributed by atoms with E-state index in [-0.39, 0.29) is 0 Å². The molecular weight excluding hydrogens is 673 g/mol. The Morgan fingerprint density at radius 3 is 1.83 bits per heavy atom. The maximum Gasteiger partial charge on any atom is 0.201 e. The highest BCUT2D eigenvalue weighted by atomic mass is 29.8. The van der Waals surface area contributed by atoms with Crippen molar-refractivity contribution in [3.8, 4) is 0 Å². The second-order valence-corrected chi connectivity index (χ2v) is 68.6. The van der Waals surface area contributed by atoms with Crippen LogP contribution in [0.4, 0.5) is 0 Å². The molecule has 0 unspecified atom stereocenters. The number of rotatable bonds is 25. The minimum absolute atomic E-state index is 0.731.